The number of ether oxygens (including phenoxy) is 2. The molecule has 1 spiro atoms. The van der Waals surface area contributed by atoms with Gasteiger partial charge in [-0.15, -0.1) is 0 Å². The van der Waals surface area contributed by atoms with Gasteiger partial charge in [-0.05, 0) is 66.0 Å². The standard InChI is InChI=1S/C21H29N3O3/c1-14-11-15-16(23-12-14)21(26-17(15)20(5,6)13-22)7-9-24(10-8-21)18(25)27-19(2,3)4/h11-12,17H,7-10H2,1-6H3/t17-/m1/s1. The van der Waals surface area contributed by atoms with Crippen LogP contribution in [-0.2, 0) is 15.1 Å². The van der Waals surface area contributed by atoms with Crippen LogP contribution in [0.5, 0.6) is 0 Å². The second-order valence-corrected chi connectivity index (χ2v) is 9.24. The van der Waals surface area contributed by atoms with Gasteiger partial charge < -0.3 is 14.4 Å². The Labute approximate surface area is 161 Å². The van der Waals surface area contributed by atoms with Crippen LogP contribution in [0.3, 0.4) is 0 Å². The third-order valence-electron chi connectivity index (χ3n) is 5.28. The number of hydrogen-bond donors (Lipinski definition) is 0. The Hall–Kier alpha value is -2.13. The SMILES string of the molecule is Cc1cnc2c(c1)[C@H](C(C)(C)C#N)OC21CCN(C(=O)OC(C)(C)C)CC1. The molecule has 2 aliphatic rings. The van der Waals surface area contributed by atoms with E-state index in [4.69, 9.17) is 14.5 Å². The molecule has 146 valence electrons. The number of aromatic nitrogens is 1. The molecule has 6 heteroatoms. The van der Waals surface area contributed by atoms with E-state index in [1.54, 1.807) is 4.90 Å². The lowest BCUT2D eigenvalue weighted by atomic mass is 9.82. The van der Waals surface area contributed by atoms with Crippen molar-refractivity contribution in [3.63, 3.8) is 0 Å². The molecular weight excluding hydrogens is 342 g/mol. The van der Waals surface area contributed by atoms with Crippen molar-refractivity contribution in [1.29, 1.82) is 5.26 Å². The summed E-state index contributed by atoms with van der Waals surface area (Å²) in [5.41, 5.74) is 1.27. The number of aryl methyl sites for hydroxylation is 1. The Balaban J connectivity index is 1.85. The van der Waals surface area contributed by atoms with Crippen LogP contribution in [0.2, 0.25) is 0 Å². The van der Waals surface area contributed by atoms with E-state index >= 15 is 0 Å². The fourth-order valence-corrected chi connectivity index (χ4v) is 3.84. The summed E-state index contributed by atoms with van der Waals surface area (Å²) in [7, 11) is 0. The number of piperidine rings is 1. The highest BCUT2D eigenvalue weighted by Gasteiger charge is 2.52. The number of carbonyl (C=O) groups excluding carboxylic acids is 1. The van der Waals surface area contributed by atoms with Gasteiger partial charge in [-0.2, -0.15) is 5.26 Å². The first-order chi connectivity index (χ1) is 12.5. The molecule has 1 saturated heterocycles. The normalized spacial score (nSPS) is 21.7. The highest BCUT2D eigenvalue weighted by Crippen LogP contribution is 2.53. The number of nitriles is 1. The predicted octanol–water partition coefficient (Wildman–Crippen LogP) is 4.24. The summed E-state index contributed by atoms with van der Waals surface area (Å²) in [6, 6.07) is 4.47. The second kappa shape index (κ2) is 6.49. The first-order valence-corrected chi connectivity index (χ1v) is 9.51. The number of carbonyl (C=O) groups is 1. The Morgan fingerprint density at radius 3 is 2.52 bits per heavy atom. The van der Waals surface area contributed by atoms with Crippen molar-refractivity contribution >= 4 is 6.09 Å². The van der Waals surface area contributed by atoms with Crippen molar-refractivity contribution in [2.45, 2.75) is 71.7 Å². The molecule has 1 fully saturated rings. The molecule has 3 rings (SSSR count). The van der Waals surface area contributed by atoms with Gasteiger partial charge >= 0.3 is 6.09 Å². The van der Waals surface area contributed by atoms with Gasteiger partial charge in [0.1, 0.15) is 17.3 Å². The zero-order chi connectivity index (χ0) is 20.0. The highest BCUT2D eigenvalue weighted by molar-refractivity contribution is 5.68. The summed E-state index contributed by atoms with van der Waals surface area (Å²) in [5.74, 6) is 0. The molecule has 2 aliphatic heterocycles. The van der Waals surface area contributed by atoms with E-state index in [0.29, 0.717) is 25.9 Å². The largest absolute Gasteiger partial charge is 0.444 e. The number of likely N-dealkylation sites (tertiary alicyclic amines) is 1. The van der Waals surface area contributed by atoms with Gasteiger partial charge in [-0.3, -0.25) is 4.98 Å². The summed E-state index contributed by atoms with van der Waals surface area (Å²) >= 11 is 0. The number of nitrogens with zero attached hydrogens (tertiary/aromatic N) is 3. The Kier molecular flexibility index (Phi) is 4.72. The van der Waals surface area contributed by atoms with Gasteiger partial charge in [-0.25, -0.2) is 4.79 Å². The maximum absolute atomic E-state index is 12.4. The van der Waals surface area contributed by atoms with Crippen LogP contribution in [0.25, 0.3) is 0 Å². The predicted molar refractivity (Wildman–Crippen MR) is 101 cm³/mol. The Morgan fingerprint density at radius 2 is 1.96 bits per heavy atom. The van der Waals surface area contributed by atoms with E-state index in [0.717, 1.165) is 16.8 Å². The molecule has 6 nitrogen and oxygen atoms in total. The maximum Gasteiger partial charge on any atom is 0.410 e. The van der Waals surface area contributed by atoms with E-state index in [-0.39, 0.29) is 12.2 Å². The molecule has 0 N–H and O–H groups in total. The Bertz CT molecular complexity index is 781. The van der Waals surface area contributed by atoms with E-state index in [1.165, 1.54) is 0 Å². The van der Waals surface area contributed by atoms with Crippen molar-refractivity contribution in [1.82, 2.24) is 9.88 Å². The molecule has 1 aromatic heterocycles. The van der Waals surface area contributed by atoms with Crippen LogP contribution in [0.15, 0.2) is 12.3 Å². The number of rotatable bonds is 1. The molecule has 0 bridgehead atoms. The van der Waals surface area contributed by atoms with Crippen LogP contribution in [0.4, 0.5) is 4.79 Å². The minimum atomic E-state index is -0.657. The molecule has 0 aliphatic carbocycles. The number of hydrogen-bond acceptors (Lipinski definition) is 5. The smallest absolute Gasteiger partial charge is 0.410 e. The number of fused-ring (bicyclic) bond motifs is 2. The number of amides is 1. The van der Waals surface area contributed by atoms with Crippen molar-refractivity contribution in [2.75, 3.05) is 13.1 Å². The molecule has 1 atom stereocenters. The monoisotopic (exact) mass is 371 g/mol. The van der Waals surface area contributed by atoms with E-state index < -0.39 is 16.6 Å². The Morgan fingerprint density at radius 1 is 1.33 bits per heavy atom. The van der Waals surface area contributed by atoms with Gasteiger partial charge in [0.05, 0.1) is 17.2 Å². The average molecular weight is 371 g/mol. The van der Waals surface area contributed by atoms with Crippen molar-refractivity contribution < 1.29 is 14.3 Å². The van der Waals surface area contributed by atoms with Gasteiger partial charge in [0.25, 0.3) is 0 Å². The first kappa shape index (κ1) is 19.6. The van der Waals surface area contributed by atoms with Crippen LogP contribution in [0, 0.1) is 23.7 Å². The second-order valence-electron chi connectivity index (χ2n) is 9.24. The number of pyridine rings is 1. The van der Waals surface area contributed by atoms with E-state index in [1.807, 2.05) is 47.7 Å². The van der Waals surface area contributed by atoms with Gasteiger partial charge in [0.15, 0.2) is 0 Å². The summed E-state index contributed by atoms with van der Waals surface area (Å²) in [6.45, 7) is 12.5. The van der Waals surface area contributed by atoms with Gasteiger partial charge in [-0.1, -0.05) is 0 Å². The van der Waals surface area contributed by atoms with Crippen molar-refractivity contribution in [2.24, 2.45) is 5.41 Å². The summed E-state index contributed by atoms with van der Waals surface area (Å²) < 4.78 is 12.0. The quantitative estimate of drug-likeness (QED) is 0.738. The van der Waals surface area contributed by atoms with E-state index in [2.05, 4.69) is 12.1 Å². The molecule has 0 radical (unpaired) electrons. The zero-order valence-corrected chi connectivity index (χ0v) is 17.1. The van der Waals surface area contributed by atoms with Gasteiger partial charge in [0.2, 0.25) is 0 Å². The summed E-state index contributed by atoms with van der Waals surface area (Å²) in [6.07, 6.45) is 2.53. The van der Waals surface area contributed by atoms with E-state index in [9.17, 15) is 10.1 Å². The molecule has 3 heterocycles. The summed E-state index contributed by atoms with van der Waals surface area (Å²) in [5, 5.41) is 9.64. The molecule has 1 amide bonds. The minimum Gasteiger partial charge on any atom is -0.444 e. The third kappa shape index (κ3) is 3.66. The van der Waals surface area contributed by atoms with Crippen LogP contribution in [0.1, 0.15) is 70.4 Å². The fraction of sp³-hybridized carbons (Fsp3) is 0.667. The fourth-order valence-electron chi connectivity index (χ4n) is 3.84. The van der Waals surface area contributed by atoms with Crippen LogP contribution < -0.4 is 0 Å². The molecule has 0 unspecified atom stereocenters. The van der Waals surface area contributed by atoms with Crippen LogP contribution in [-0.4, -0.2) is 34.7 Å². The molecule has 0 saturated carbocycles. The molecule has 27 heavy (non-hydrogen) atoms. The summed E-state index contributed by atoms with van der Waals surface area (Å²) in [4.78, 5) is 18.8. The molecule has 0 aromatic carbocycles. The third-order valence-corrected chi connectivity index (χ3v) is 5.28. The lowest BCUT2D eigenvalue weighted by molar-refractivity contribution is -0.134. The maximum atomic E-state index is 12.4. The molecule has 1 aromatic rings. The zero-order valence-electron chi connectivity index (χ0n) is 17.1. The topological polar surface area (TPSA) is 75.5 Å². The van der Waals surface area contributed by atoms with Gasteiger partial charge in [0, 0.05) is 24.8 Å². The lowest BCUT2D eigenvalue weighted by Gasteiger charge is -2.40. The van der Waals surface area contributed by atoms with Crippen molar-refractivity contribution in [3.8, 4) is 6.07 Å². The average Bonchev–Trinajstić information content (AvgIpc) is 2.88. The van der Waals surface area contributed by atoms with Crippen molar-refractivity contribution in [3.05, 3.63) is 29.1 Å². The first-order valence-electron chi connectivity index (χ1n) is 9.51. The highest BCUT2D eigenvalue weighted by atomic mass is 16.6. The molecular formula is C21H29N3O3. The lowest BCUT2D eigenvalue weighted by Crippen LogP contribution is -2.47. The minimum absolute atomic E-state index is 0.290. The van der Waals surface area contributed by atoms with Crippen LogP contribution >= 0.6 is 0 Å².